The quantitative estimate of drug-likeness (QED) is 0.0884. The number of nitrogens with one attached hydrogen (secondary N) is 4. The van der Waals surface area contributed by atoms with Crippen molar-refractivity contribution < 1.29 is 46.3 Å². The van der Waals surface area contributed by atoms with Gasteiger partial charge in [0, 0.05) is 19.5 Å². The van der Waals surface area contributed by atoms with E-state index in [0.717, 1.165) is 16.7 Å². The van der Waals surface area contributed by atoms with Crippen molar-refractivity contribution in [3.05, 3.63) is 95.8 Å². The fraction of sp³-hybridized carbons (Fsp3) is 0.281. The van der Waals surface area contributed by atoms with Crippen molar-refractivity contribution in [3.63, 3.8) is 0 Å². The Morgan fingerprint density at radius 1 is 0.739 bits per heavy atom. The highest BCUT2D eigenvalue weighted by molar-refractivity contribution is 5.89. The lowest BCUT2D eigenvalue weighted by Crippen LogP contribution is -2.39. The van der Waals surface area contributed by atoms with Crippen LogP contribution in [-0.4, -0.2) is 49.0 Å². The van der Waals surface area contributed by atoms with Crippen molar-refractivity contribution in [3.8, 4) is 11.1 Å². The van der Waals surface area contributed by atoms with Crippen LogP contribution in [0, 0.1) is 5.82 Å². The molecule has 10 nitrogen and oxygen atoms in total. The molecule has 14 heteroatoms. The maximum absolute atomic E-state index is 12.9. The van der Waals surface area contributed by atoms with Crippen molar-refractivity contribution in [1.29, 1.82) is 0 Å². The Morgan fingerprint density at radius 2 is 1.39 bits per heavy atom. The van der Waals surface area contributed by atoms with Crippen molar-refractivity contribution in [1.82, 2.24) is 21.3 Å². The van der Waals surface area contributed by atoms with Crippen molar-refractivity contribution >= 4 is 29.8 Å². The summed E-state index contributed by atoms with van der Waals surface area (Å²) in [6, 6.07) is 19.9. The van der Waals surface area contributed by atoms with Crippen LogP contribution in [0.5, 0.6) is 0 Å². The van der Waals surface area contributed by atoms with Crippen molar-refractivity contribution in [2.24, 2.45) is 0 Å². The third kappa shape index (κ3) is 12.4. The number of carbonyl (C=O) groups is 5. The van der Waals surface area contributed by atoms with Crippen LogP contribution in [0.15, 0.2) is 78.9 Å². The molecule has 0 aromatic heterocycles. The molecule has 0 saturated heterocycles. The number of unbranched alkanes of at least 4 members (excludes halogenated alkanes) is 1. The number of halogens is 4. The van der Waals surface area contributed by atoms with E-state index in [9.17, 15) is 41.5 Å². The average Bonchev–Trinajstić information content (AvgIpc) is 3.03. The Kier molecular flexibility index (Phi) is 13.2. The number of carbonyl (C=O) groups excluding carboxylic acids is 5. The van der Waals surface area contributed by atoms with Crippen LogP contribution < -0.4 is 21.3 Å². The molecular weight excluding hydrogens is 612 g/mol. The van der Waals surface area contributed by atoms with E-state index in [1.807, 2.05) is 30.3 Å². The minimum Gasteiger partial charge on any atom is -0.386 e. The molecule has 1 atom stereocenters. The Hall–Kier alpha value is -5.27. The zero-order valence-corrected chi connectivity index (χ0v) is 24.5. The largest absolute Gasteiger partial charge is 0.491 e. The summed E-state index contributed by atoms with van der Waals surface area (Å²) in [6.07, 6.45) is -5.26. The molecule has 0 radical (unpaired) electrons. The summed E-state index contributed by atoms with van der Waals surface area (Å²) in [5.41, 5.74) is 2.76. The molecule has 0 heterocycles. The smallest absolute Gasteiger partial charge is 0.386 e. The minimum atomic E-state index is -5.37. The first-order valence-electron chi connectivity index (χ1n) is 14.2. The SMILES string of the molecule is O=C(CCCCNC(=O)NCc1ccc(F)cc1)NCC(=O)NC(CC(=O)OC(=O)C(F)(F)F)c1ccc(-c2ccccc2)cc1. The van der Waals surface area contributed by atoms with Gasteiger partial charge in [0.05, 0.1) is 19.0 Å². The molecule has 0 aliphatic rings. The zero-order chi connectivity index (χ0) is 33.5. The van der Waals surface area contributed by atoms with Gasteiger partial charge in [-0.3, -0.25) is 14.4 Å². The number of ether oxygens (including phenoxy) is 1. The molecule has 0 spiro atoms. The summed E-state index contributed by atoms with van der Waals surface area (Å²) in [6.45, 7) is 0.00199. The van der Waals surface area contributed by atoms with Gasteiger partial charge in [0.2, 0.25) is 11.8 Å². The molecule has 0 aliphatic heterocycles. The minimum absolute atomic E-state index is 0.0441. The van der Waals surface area contributed by atoms with Gasteiger partial charge < -0.3 is 26.0 Å². The average molecular weight is 645 g/mol. The van der Waals surface area contributed by atoms with Crippen LogP contribution in [-0.2, 0) is 30.5 Å². The van der Waals surface area contributed by atoms with E-state index in [-0.39, 0.29) is 25.3 Å². The molecule has 3 aromatic carbocycles. The Balaban J connectivity index is 1.44. The number of hydrogen-bond acceptors (Lipinski definition) is 6. The maximum Gasteiger partial charge on any atom is 0.491 e. The van der Waals surface area contributed by atoms with Gasteiger partial charge in [0.15, 0.2) is 0 Å². The van der Waals surface area contributed by atoms with Crippen LogP contribution in [0.3, 0.4) is 0 Å². The van der Waals surface area contributed by atoms with E-state index in [0.29, 0.717) is 18.4 Å². The summed E-state index contributed by atoms with van der Waals surface area (Å²) in [5.74, 6) is -5.75. The van der Waals surface area contributed by atoms with Gasteiger partial charge in [-0.2, -0.15) is 13.2 Å². The Bertz CT molecular complexity index is 1480. The molecule has 0 saturated carbocycles. The molecule has 4 amide bonds. The molecule has 244 valence electrons. The molecule has 3 aromatic rings. The molecule has 0 aliphatic carbocycles. The highest BCUT2D eigenvalue weighted by Gasteiger charge is 2.42. The maximum atomic E-state index is 12.9. The number of esters is 2. The monoisotopic (exact) mass is 644 g/mol. The van der Waals surface area contributed by atoms with Crippen LogP contribution >= 0.6 is 0 Å². The lowest BCUT2D eigenvalue weighted by molar-refractivity contribution is -0.202. The molecular formula is C32H32F4N4O6. The summed E-state index contributed by atoms with van der Waals surface area (Å²) in [4.78, 5) is 60.0. The van der Waals surface area contributed by atoms with Gasteiger partial charge in [-0.1, -0.05) is 66.7 Å². The lowest BCUT2D eigenvalue weighted by Gasteiger charge is -2.19. The number of amides is 4. The van der Waals surface area contributed by atoms with Gasteiger partial charge >= 0.3 is 24.1 Å². The van der Waals surface area contributed by atoms with E-state index in [1.165, 1.54) is 12.1 Å². The number of urea groups is 1. The first kappa shape index (κ1) is 35.2. The molecule has 0 fully saturated rings. The van der Waals surface area contributed by atoms with Crippen LogP contribution in [0.1, 0.15) is 42.9 Å². The number of hydrogen-bond donors (Lipinski definition) is 4. The standard InChI is InChI=1S/C32H32F4N4O6/c33-25-15-9-21(10-16-25)19-39-31(45)37-17-5-4-8-27(41)38-20-28(42)40-26(18-29(43)46-30(44)32(34,35)36)24-13-11-23(12-14-24)22-6-2-1-3-7-22/h1-3,6-7,9-16,26H,4-5,8,17-20H2,(H,38,41)(H,40,42)(H2,37,39,45). The number of rotatable bonds is 14. The summed E-state index contributed by atoms with van der Waals surface area (Å²) < 4.78 is 54.5. The second-order valence-electron chi connectivity index (χ2n) is 10.0. The third-order valence-corrected chi connectivity index (χ3v) is 6.49. The predicted octanol–water partition coefficient (Wildman–Crippen LogP) is 4.46. The van der Waals surface area contributed by atoms with Gasteiger partial charge in [-0.25, -0.2) is 14.0 Å². The van der Waals surface area contributed by atoms with E-state index in [1.54, 1.807) is 36.4 Å². The number of alkyl halides is 3. The van der Waals surface area contributed by atoms with Crippen molar-refractivity contribution in [2.75, 3.05) is 13.1 Å². The second-order valence-corrected chi connectivity index (χ2v) is 10.0. The first-order valence-corrected chi connectivity index (χ1v) is 14.2. The van der Waals surface area contributed by atoms with Gasteiger partial charge in [0.1, 0.15) is 5.82 Å². The normalized spacial score (nSPS) is 11.6. The van der Waals surface area contributed by atoms with E-state index >= 15 is 0 Å². The van der Waals surface area contributed by atoms with Crippen LogP contribution in [0.25, 0.3) is 11.1 Å². The highest BCUT2D eigenvalue weighted by atomic mass is 19.4. The topological polar surface area (TPSA) is 143 Å². The van der Waals surface area contributed by atoms with E-state index in [4.69, 9.17) is 0 Å². The fourth-order valence-electron chi connectivity index (χ4n) is 4.13. The molecule has 3 rings (SSSR count). The fourth-order valence-corrected chi connectivity index (χ4v) is 4.13. The molecule has 1 unspecified atom stereocenters. The van der Waals surface area contributed by atoms with Crippen LogP contribution in [0.2, 0.25) is 0 Å². The Morgan fingerprint density at radius 3 is 2.04 bits per heavy atom. The van der Waals surface area contributed by atoms with Crippen molar-refractivity contribution in [2.45, 2.75) is 44.4 Å². The highest BCUT2D eigenvalue weighted by Crippen LogP contribution is 2.24. The first-order chi connectivity index (χ1) is 21.9. The van der Waals surface area contributed by atoms with Gasteiger partial charge in [0.25, 0.3) is 0 Å². The van der Waals surface area contributed by atoms with Gasteiger partial charge in [-0.15, -0.1) is 0 Å². The zero-order valence-electron chi connectivity index (χ0n) is 24.5. The lowest BCUT2D eigenvalue weighted by atomic mass is 9.99. The predicted molar refractivity (Wildman–Crippen MR) is 158 cm³/mol. The molecule has 4 N–H and O–H groups in total. The Labute approximate surface area is 261 Å². The summed E-state index contributed by atoms with van der Waals surface area (Å²) in [5, 5.41) is 10.2. The molecule has 0 bridgehead atoms. The van der Waals surface area contributed by atoms with E-state index in [2.05, 4.69) is 26.0 Å². The van der Waals surface area contributed by atoms with Gasteiger partial charge in [-0.05, 0) is 47.2 Å². The van der Waals surface area contributed by atoms with E-state index < -0.39 is 55.0 Å². The molecule has 46 heavy (non-hydrogen) atoms. The second kappa shape index (κ2) is 17.3. The summed E-state index contributed by atoms with van der Waals surface area (Å²) in [7, 11) is 0. The van der Waals surface area contributed by atoms with Crippen LogP contribution in [0.4, 0.5) is 22.4 Å². The number of benzene rings is 3. The summed E-state index contributed by atoms with van der Waals surface area (Å²) >= 11 is 0. The third-order valence-electron chi connectivity index (χ3n) is 6.49.